The largest absolute Gasteiger partial charge is 0.447 e. The second-order valence-electron chi connectivity index (χ2n) is 7.12. The van der Waals surface area contributed by atoms with Crippen LogP contribution in [0.25, 0.3) is 10.9 Å². The maximum atomic E-state index is 13.9. The van der Waals surface area contributed by atoms with Gasteiger partial charge in [0.15, 0.2) is 0 Å². The number of nitrogens with zero attached hydrogens (tertiary/aromatic N) is 3. The number of ether oxygens (including phenoxy) is 1. The van der Waals surface area contributed by atoms with Gasteiger partial charge >= 0.3 is 6.09 Å². The zero-order valence-electron chi connectivity index (χ0n) is 15.8. The molecule has 1 amide bonds. The average Bonchev–Trinajstić information content (AvgIpc) is 2.62. The molecule has 0 unspecified atom stereocenters. The number of halogens is 1. The van der Waals surface area contributed by atoms with E-state index in [0.717, 1.165) is 18.4 Å². The Kier molecular flexibility index (Phi) is 5.45. The van der Waals surface area contributed by atoms with Crippen LogP contribution in [0.3, 0.4) is 0 Å². The number of piperidine rings is 1. The van der Waals surface area contributed by atoms with Crippen molar-refractivity contribution in [2.24, 2.45) is 0 Å². The fourth-order valence-electron chi connectivity index (χ4n) is 3.36. The molecule has 1 saturated heterocycles. The lowest BCUT2D eigenvalue weighted by Crippen LogP contribution is -2.43. The number of rotatable bonds is 3. The predicted molar refractivity (Wildman–Crippen MR) is 101 cm³/mol. The molecule has 0 atom stereocenters. The number of likely N-dealkylation sites (tertiary alicyclic amines) is 1. The molecule has 2 aromatic rings. The zero-order valence-corrected chi connectivity index (χ0v) is 15.8. The highest BCUT2D eigenvalue weighted by Gasteiger charge is 2.25. The molecular formula is C20H23FN4O2. The molecular weight excluding hydrogens is 347 g/mol. The van der Waals surface area contributed by atoms with E-state index in [1.165, 1.54) is 18.3 Å². The normalized spacial score (nSPS) is 15.0. The summed E-state index contributed by atoms with van der Waals surface area (Å²) in [5.74, 6) is -0.355. The molecule has 27 heavy (non-hydrogen) atoms. The Labute approximate surface area is 157 Å². The average molecular weight is 370 g/mol. The molecule has 6 nitrogen and oxygen atoms in total. The minimum atomic E-state index is -0.355. The fraction of sp³-hybridized carbons (Fsp3) is 0.450. The van der Waals surface area contributed by atoms with E-state index in [1.807, 2.05) is 13.8 Å². The van der Waals surface area contributed by atoms with Crippen molar-refractivity contribution >= 4 is 22.7 Å². The first-order valence-corrected chi connectivity index (χ1v) is 9.10. The number of pyridine rings is 1. The molecule has 1 aromatic carbocycles. The summed E-state index contributed by atoms with van der Waals surface area (Å²) in [6, 6.07) is 5.06. The molecule has 0 bridgehead atoms. The van der Waals surface area contributed by atoms with Gasteiger partial charge in [-0.3, -0.25) is 4.98 Å². The first-order chi connectivity index (χ1) is 12.9. The van der Waals surface area contributed by atoms with Gasteiger partial charge < -0.3 is 15.0 Å². The minimum absolute atomic E-state index is 0.0781. The van der Waals surface area contributed by atoms with Crippen LogP contribution in [0.5, 0.6) is 0 Å². The Hall–Kier alpha value is -2.88. The number of carbonyl (C=O) groups is 1. The first kappa shape index (κ1) is 18.9. The summed E-state index contributed by atoms with van der Waals surface area (Å²) in [5.41, 5.74) is 2.39. The van der Waals surface area contributed by atoms with Crippen molar-refractivity contribution in [2.75, 3.05) is 18.4 Å². The van der Waals surface area contributed by atoms with E-state index >= 15 is 0 Å². The van der Waals surface area contributed by atoms with Crippen LogP contribution in [-0.2, 0) is 4.74 Å². The highest BCUT2D eigenvalue weighted by atomic mass is 19.1. The Bertz CT molecular complexity index is 899. The molecule has 1 fully saturated rings. The van der Waals surface area contributed by atoms with Gasteiger partial charge in [-0.1, -0.05) is 0 Å². The van der Waals surface area contributed by atoms with Crippen LogP contribution in [0.4, 0.5) is 14.9 Å². The fourth-order valence-corrected chi connectivity index (χ4v) is 3.36. The summed E-state index contributed by atoms with van der Waals surface area (Å²) in [7, 11) is 0. The van der Waals surface area contributed by atoms with Crippen LogP contribution in [-0.4, -0.2) is 41.2 Å². The summed E-state index contributed by atoms with van der Waals surface area (Å²) < 4.78 is 19.2. The van der Waals surface area contributed by atoms with Crippen molar-refractivity contribution in [2.45, 2.75) is 45.8 Å². The van der Waals surface area contributed by atoms with Crippen molar-refractivity contribution in [1.29, 1.82) is 5.26 Å². The van der Waals surface area contributed by atoms with Crippen molar-refractivity contribution < 1.29 is 13.9 Å². The van der Waals surface area contributed by atoms with Gasteiger partial charge in [0.2, 0.25) is 0 Å². The molecule has 1 aliphatic heterocycles. The van der Waals surface area contributed by atoms with E-state index in [0.29, 0.717) is 35.2 Å². The van der Waals surface area contributed by atoms with E-state index in [-0.39, 0.29) is 24.1 Å². The molecule has 7 heteroatoms. The maximum absolute atomic E-state index is 13.9. The maximum Gasteiger partial charge on any atom is 0.410 e. The van der Waals surface area contributed by atoms with Crippen LogP contribution < -0.4 is 5.32 Å². The third-order valence-electron chi connectivity index (χ3n) is 4.69. The Balaban J connectivity index is 1.80. The highest BCUT2D eigenvalue weighted by molar-refractivity contribution is 5.95. The van der Waals surface area contributed by atoms with E-state index < -0.39 is 0 Å². The summed E-state index contributed by atoms with van der Waals surface area (Å²) in [6.45, 7) is 6.59. The van der Waals surface area contributed by atoms with Gasteiger partial charge in [0.25, 0.3) is 0 Å². The standard InChI is InChI=1S/C20H23FN4O2/c1-12(2)27-20(26)25-6-4-16(5-7-25)24-19-14(10-22)11-23-18-13(3)8-15(21)9-17(18)19/h8-9,11-12,16H,4-7H2,1-3H3,(H,23,24). The van der Waals surface area contributed by atoms with Gasteiger partial charge in [0, 0.05) is 30.7 Å². The van der Waals surface area contributed by atoms with Crippen molar-refractivity contribution in [3.8, 4) is 6.07 Å². The molecule has 2 heterocycles. The number of carbonyl (C=O) groups excluding carboxylic acids is 1. The topological polar surface area (TPSA) is 78.3 Å². The number of hydrogen-bond acceptors (Lipinski definition) is 5. The van der Waals surface area contributed by atoms with E-state index in [9.17, 15) is 14.4 Å². The smallest absolute Gasteiger partial charge is 0.410 e. The van der Waals surface area contributed by atoms with Crippen LogP contribution in [0.1, 0.15) is 37.8 Å². The predicted octanol–water partition coefficient (Wildman–Crippen LogP) is 3.98. The second-order valence-corrected chi connectivity index (χ2v) is 7.12. The molecule has 0 radical (unpaired) electrons. The summed E-state index contributed by atoms with van der Waals surface area (Å²) in [6.07, 6.45) is 2.51. The van der Waals surface area contributed by atoms with Gasteiger partial charge in [-0.15, -0.1) is 0 Å². The SMILES string of the molecule is Cc1cc(F)cc2c(NC3CCN(C(=O)OC(C)C)CC3)c(C#N)cnc12. The van der Waals surface area contributed by atoms with Crippen LogP contribution in [0.2, 0.25) is 0 Å². The Morgan fingerprint density at radius 3 is 2.74 bits per heavy atom. The lowest BCUT2D eigenvalue weighted by atomic mass is 10.0. The van der Waals surface area contributed by atoms with Crippen LogP contribution in [0, 0.1) is 24.1 Å². The molecule has 142 valence electrons. The highest BCUT2D eigenvalue weighted by Crippen LogP contribution is 2.30. The number of fused-ring (bicyclic) bond motifs is 1. The second kappa shape index (κ2) is 7.78. The third kappa shape index (κ3) is 4.11. The first-order valence-electron chi connectivity index (χ1n) is 9.10. The van der Waals surface area contributed by atoms with Crippen molar-refractivity contribution in [1.82, 2.24) is 9.88 Å². The van der Waals surface area contributed by atoms with Gasteiger partial charge in [0.1, 0.15) is 11.9 Å². The summed E-state index contributed by atoms with van der Waals surface area (Å²) >= 11 is 0. The number of amides is 1. The van der Waals surface area contributed by atoms with Gasteiger partial charge in [-0.2, -0.15) is 5.26 Å². The van der Waals surface area contributed by atoms with Crippen molar-refractivity contribution in [3.05, 3.63) is 35.3 Å². The number of hydrogen-bond donors (Lipinski definition) is 1. The van der Waals surface area contributed by atoms with Crippen LogP contribution >= 0.6 is 0 Å². The van der Waals surface area contributed by atoms with Gasteiger partial charge in [0.05, 0.1) is 22.9 Å². The number of benzene rings is 1. The zero-order chi connectivity index (χ0) is 19.6. The van der Waals surface area contributed by atoms with E-state index in [4.69, 9.17) is 4.74 Å². The quantitative estimate of drug-likeness (QED) is 0.884. The molecule has 0 saturated carbocycles. The molecule has 1 N–H and O–H groups in total. The summed E-state index contributed by atoms with van der Waals surface area (Å²) in [5, 5.41) is 13.4. The lowest BCUT2D eigenvalue weighted by molar-refractivity contribution is 0.0701. The number of anilines is 1. The van der Waals surface area contributed by atoms with E-state index in [2.05, 4.69) is 16.4 Å². The van der Waals surface area contributed by atoms with E-state index in [1.54, 1.807) is 11.8 Å². The monoisotopic (exact) mass is 370 g/mol. The van der Waals surface area contributed by atoms with Gasteiger partial charge in [-0.25, -0.2) is 9.18 Å². The Morgan fingerprint density at radius 2 is 2.11 bits per heavy atom. The minimum Gasteiger partial charge on any atom is -0.447 e. The molecule has 0 spiro atoms. The molecule has 0 aliphatic carbocycles. The van der Waals surface area contributed by atoms with Gasteiger partial charge in [-0.05, 0) is 51.3 Å². The number of aryl methyl sites for hydroxylation is 1. The Morgan fingerprint density at radius 1 is 1.41 bits per heavy atom. The lowest BCUT2D eigenvalue weighted by Gasteiger charge is -2.33. The molecule has 3 rings (SSSR count). The number of nitrogens with one attached hydrogen (secondary N) is 1. The number of nitriles is 1. The molecule has 1 aliphatic rings. The summed E-state index contributed by atoms with van der Waals surface area (Å²) in [4.78, 5) is 18.0. The van der Waals surface area contributed by atoms with Crippen molar-refractivity contribution in [3.63, 3.8) is 0 Å². The third-order valence-corrected chi connectivity index (χ3v) is 4.69. The van der Waals surface area contributed by atoms with Crippen LogP contribution in [0.15, 0.2) is 18.3 Å². The number of aromatic nitrogens is 1. The molecule has 1 aromatic heterocycles.